The van der Waals surface area contributed by atoms with Crippen molar-refractivity contribution in [2.24, 2.45) is 0 Å². The molecule has 4 rings (SSSR count). The van der Waals surface area contributed by atoms with E-state index in [1.165, 1.54) is 6.07 Å². The largest absolute Gasteiger partial charge is 0.433 e. The van der Waals surface area contributed by atoms with E-state index in [4.69, 9.17) is 4.74 Å². The smallest absolute Gasteiger partial charge is 0.373 e. The molecular formula is C24H27F3N4O3. The van der Waals surface area contributed by atoms with E-state index in [-0.39, 0.29) is 12.5 Å². The summed E-state index contributed by atoms with van der Waals surface area (Å²) in [5.41, 5.74) is 2.24. The lowest BCUT2D eigenvalue weighted by Crippen LogP contribution is -2.30. The maximum atomic E-state index is 13.4. The Kier molecular flexibility index (Phi) is 6.53. The van der Waals surface area contributed by atoms with Crippen molar-refractivity contribution in [1.29, 1.82) is 0 Å². The third-order valence-electron chi connectivity index (χ3n) is 6.41. The van der Waals surface area contributed by atoms with Crippen LogP contribution in [0.2, 0.25) is 0 Å². The molecule has 0 unspecified atom stereocenters. The van der Waals surface area contributed by atoms with Gasteiger partial charge >= 0.3 is 6.18 Å². The normalized spacial score (nSPS) is 17.0. The van der Waals surface area contributed by atoms with Crippen LogP contribution < -0.4 is 5.32 Å². The van der Waals surface area contributed by atoms with Gasteiger partial charge in [0.05, 0.1) is 30.5 Å². The first-order valence-corrected chi connectivity index (χ1v) is 11.3. The molecule has 2 aromatic rings. The highest BCUT2D eigenvalue weighted by molar-refractivity contribution is 6.03. The van der Waals surface area contributed by atoms with Gasteiger partial charge < -0.3 is 19.5 Å². The zero-order valence-corrected chi connectivity index (χ0v) is 19.2. The van der Waals surface area contributed by atoms with Gasteiger partial charge in [0.2, 0.25) is 0 Å². The molecular weight excluding hydrogens is 449 g/mol. The third kappa shape index (κ3) is 4.34. The molecule has 1 saturated heterocycles. The summed E-state index contributed by atoms with van der Waals surface area (Å²) in [6.07, 6.45) is -1.34. The number of alkyl halides is 3. The zero-order valence-electron chi connectivity index (χ0n) is 19.2. The molecule has 4 heterocycles. The van der Waals surface area contributed by atoms with E-state index in [2.05, 4.69) is 16.9 Å². The summed E-state index contributed by atoms with van der Waals surface area (Å²) in [4.78, 5) is 31.9. The summed E-state index contributed by atoms with van der Waals surface area (Å²) >= 11 is 0. The Morgan fingerprint density at radius 2 is 2.06 bits per heavy atom. The molecule has 182 valence electrons. The minimum Gasteiger partial charge on any atom is -0.373 e. The topological polar surface area (TPSA) is 76.5 Å². The molecule has 0 radical (unpaired) electrons. The molecule has 0 aliphatic carbocycles. The molecule has 0 bridgehead atoms. The summed E-state index contributed by atoms with van der Waals surface area (Å²) in [5, 5.41) is 2.91. The molecule has 2 amide bonds. The number of nitrogens with one attached hydrogen (secondary N) is 1. The van der Waals surface area contributed by atoms with Crippen LogP contribution in [0.1, 0.15) is 75.6 Å². The van der Waals surface area contributed by atoms with Crippen LogP contribution in [0, 0.1) is 6.92 Å². The number of hydrogen-bond acceptors (Lipinski definition) is 4. The number of rotatable bonds is 5. The highest BCUT2D eigenvalue weighted by atomic mass is 19.4. The maximum absolute atomic E-state index is 13.4. The highest BCUT2D eigenvalue weighted by Gasteiger charge is 2.35. The van der Waals surface area contributed by atoms with Crippen molar-refractivity contribution in [2.75, 3.05) is 13.2 Å². The quantitative estimate of drug-likeness (QED) is 0.695. The average Bonchev–Trinajstić information content (AvgIpc) is 3.36. The van der Waals surface area contributed by atoms with E-state index in [0.717, 1.165) is 30.8 Å². The Hall–Kier alpha value is -3.14. The van der Waals surface area contributed by atoms with Gasteiger partial charge in [0.25, 0.3) is 11.8 Å². The number of likely N-dealkylation sites (tertiary alicyclic amines) is 1. The first-order chi connectivity index (χ1) is 16.1. The van der Waals surface area contributed by atoms with Crippen molar-refractivity contribution >= 4 is 11.8 Å². The van der Waals surface area contributed by atoms with E-state index < -0.39 is 23.8 Å². The van der Waals surface area contributed by atoms with Gasteiger partial charge in [-0.05, 0) is 43.4 Å². The molecule has 2 aliphatic rings. The van der Waals surface area contributed by atoms with E-state index in [1.807, 2.05) is 11.5 Å². The molecule has 0 spiro atoms. The minimum absolute atomic E-state index is 0.179. The number of amides is 2. The number of aromatic nitrogens is 2. The van der Waals surface area contributed by atoms with Crippen LogP contribution in [0.15, 0.2) is 30.6 Å². The second kappa shape index (κ2) is 9.25. The lowest BCUT2D eigenvalue weighted by molar-refractivity contribution is -0.141. The Morgan fingerprint density at radius 3 is 2.65 bits per heavy atom. The van der Waals surface area contributed by atoms with Crippen LogP contribution >= 0.6 is 0 Å². The van der Waals surface area contributed by atoms with Gasteiger partial charge in [-0.2, -0.15) is 13.2 Å². The van der Waals surface area contributed by atoms with Crippen LogP contribution in [0.4, 0.5) is 13.2 Å². The van der Waals surface area contributed by atoms with E-state index in [9.17, 15) is 22.8 Å². The molecule has 7 nitrogen and oxygen atoms in total. The first kappa shape index (κ1) is 24.0. The molecule has 1 N–H and O–H groups in total. The van der Waals surface area contributed by atoms with E-state index in [1.54, 1.807) is 11.8 Å². The van der Waals surface area contributed by atoms with Crippen molar-refractivity contribution in [1.82, 2.24) is 19.8 Å². The number of fused-ring (bicyclic) bond motifs is 1. The second-order valence-corrected chi connectivity index (χ2v) is 8.53. The van der Waals surface area contributed by atoms with Gasteiger partial charge in [-0.25, -0.2) is 0 Å². The van der Waals surface area contributed by atoms with Gasteiger partial charge in [-0.1, -0.05) is 19.6 Å². The predicted molar refractivity (Wildman–Crippen MR) is 118 cm³/mol. The molecule has 2 aliphatic heterocycles. The lowest BCUT2D eigenvalue weighted by atomic mass is 10.0. The Labute approximate surface area is 195 Å². The van der Waals surface area contributed by atoms with Crippen LogP contribution in [-0.4, -0.2) is 39.4 Å². The molecule has 0 saturated carbocycles. The summed E-state index contributed by atoms with van der Waals surface area (Å²) in [6, 6.07) is 1.69. The number of allylic oxidation sites excluding steroid dienone is 1. The van der Waals surface area contributed by atoms with Gasteiger partial charge in [0.1, 0.15) is 11.4 Å². The molecule has 34 heavy (non-hydrogen) atoms. The van der Waals surface area contributed by atoms with E-state index in [0.29, 0.717) is 54.2 Å². The Balaban J connectivity index is 1.64. The zero-order chi connectivity index (χ0) is 24.6. The van der Waals surface area contributed by atoms with Gasteiger partial charge in [0.15, 0.2) is 0 Å². The predicted octanol–water partition coefficient (Wildman–Crippen LogP) is 4.37. The minimum atomic E-state index is -4.53. The van der Waals surface area contributed by atoms with Crippen LogP contribution in [0.5, 0.6) is 0 Å². The molecule has 0 aromatic carbocycles. The van der Waals surface area contributed by atoms with Crippen LogP contribution in [-0.2, 0) is 24.1 Å². The fraction of sp³-hybridized carbons (Fsp3) is 0.458. The molecule has 1 fully saturated rings. The third-order valence-corrected chi connectivity index (χ3v) is 6.41. The summed E-state index contributed by atoms with van der Waals surface area (Å²) in [7, 11) is 0. The molecule has 1 atom stereocenters. The van der Waals surface area contributed by atoms with Crippen LogP contribution in [0.25, 0.3) is 0 Å². The fourth-order valence-corrected chi connectivity index (χ4v) is 4.64. The average molecular weight is 476 g/mol. The van der Waals surface area contributed by atoms with Gasteiger partial charge in [-0.3, -0.25) is 14.6 Å². The number of pyridine rings is 1. The second-order valence-electron chi connectivity index (χ2n) is 8.53. The van der Waals surface area contributed by atoms with Gasteiger partial charge in [-0.15, -0.1) is 0 Å². The van der Waals surface area contributed by atoms with Crippen molar-refractivity contribution < 1.29 is 27.5 Å². The number of ether oxygens (including phenoxy) is 1. The number of hydrogen-bond donors (Lipinski definition) is 1. The maximum Gasteiger partial charge on any atom is 0.433 e. The van der Waals surface area contributed by atoms with Crippen molar-refractivity contribution in [3.63, 3.8) is 0 Å². The van der Waals surface area contributed by atoms with Gasteiger partial charge in [0, 0.05) is 25.0 Å². The SMILES string of the molecule is C=C1CCCN1C(=O)c1c(C)c(C(=O)N[C@H](CC)c2ccc(C(F)(F)F)nc2)c2n1CCOC2. The Morgan fingerprint density at radius 1 is 1.29 bits per heavy atom. The molecule has 10 heteroatoms. The summed E-state index contributed by atoms with van der Waals surface area (Å²) < 4.78 is 46.0. The first-order valence-electron chi connectivity index (χ1n) is 11.3. The summed E-state index contributed by atoms with van der Waals surface area (Å²) in [5.74, 6) is -0.584. The van der Waals surface area contributed by atoms with E-state index >= 15 is 0 Å². The number of nitrogens with zero attached hydrogens (tertiary/aromatic N) is 3. The standard InChI is InChI=1S/C24H27F3N4O3/c1-4-17(16-7-8-19(28-12-16)24(25,26)27)29-22(32)20-15(3)21(31-10-11-34-13-18(20)31)23(33)30-9-5-6-14(30)2/h7-8,12,17H,2,4-6,9-11,13H2,1,3H3,(H,29,32)/t17-/m1/s1. The monoisotopic (exact) mass is 476 g/mol. The lowest BCUT2D eigenvalue weighted by Gasteiger charge is -2.22. The number of halogens is 3. The molecule has 2 aromatic heterocycles. The number of carbonyl (C=O) groups excluding carboxylic acids is 2. The van der Waals surface area contributed by atoms with Crippen molar-refractivity contribution in [2.45, 2.75) is 58.5 Å². The van der Waals surface area contributed by atoms with Crippen molar-refractivity contribution in [3.05, 3.63) is 64.4 Å². The summed E-state index contributed by atoms with van der Waals surface area (Å²) in [6.45, 7) is 9.21. The highest BCUT2D eigenvalue weighted by Crippen LogP contribution is 2.31. The fourth-order valence-electron chi connectivity index (χ4n) is 4.64. The van der Waals surface area contributed by atoms with Crippen LogP contribution in [0.3, 0.4) is 0 Å². The van der Waals surface area contributed by atoms with Crippen molar-refractivity contribution in [3.8, 4) is 0 Å². The Bertz CT molecular complexity index is 1120. The number of carbonyl (C=O) groups is 2.